The molecule has 0 saturated carbocycles. The molecule has 0 aliphatic carbocycles. The Balaban J connectivity index is 2.18. The lowest BCUT2D eigenvalue weighted by Gasteiger charge is -2.08. The Morgan fingerprint density at radius 3 is 2.53 bits per heavy atom. The van der Waals surface area contributed by atoms with Gasteiger partial charge in [0.15, 0.2) is 0 Å². The summed E-state index contributed by atoms with van der Waals surface area (Å²) < 4.78 is 0.711. The summed E-state index contributed by atoms with van der Waals surface area (Å²) in [6.07, 6.45) is 0.978. The van der Waals surface area contributed by atoms with Gasteiger partial charge in [-0.1, -0.05) is 36.7 Å². The summed E-state index contributed by atoms with van der Waals surface area (Å²) in [6.45, 7) is 2.09. The van der Waals surface area contributed by atoms with Crippen LogP contribution >= 0.6 is 27.5 Å². The average molecular weight is 339 g/mol. The van der Waals surface area contributed by atoms with Crippen LogP contribution < -0.4 is 5.32 Å². The van der Waals surface area contributed by atoms with Gasteiger partial charge >= 0.3 is 0 Å². The van der Waals surface area contributed by atoms with E-state index in [0.29, 0.717) is 15.1 Å². The third kappa shape index (κ3) is 3.37. The normalized spacial score (nSPS) is 10.3. The van der Waals surface area contributed by atoms with Gasteiger partial charge in [0.1, 0.15) is 0 Å². The summed E-state index contributed by atoms with van der Waals surface area (Å²) >= 11 is 9.40. The Bertz CT molecular complexity index is 596. The number of aryl methyl sites for hydroxylation is 1. The van der Waals surface area contributed by atoms with Gasteiger partial charge in [-0.2, -0.15) is 0 Å². The van der Waals surface area contributed by atoms with Gasteiger partial charge in [-0.3, -0.25) is 4.79 Å². The van der Waals surface area contributed by atoms with Gasteiger partial charge in [0.05, 0.1) is 10.6 Å². The van der Waals surface area contributed by atoms with Crippen molar-refractivity contribution in [2.45, 2.75) is 13.3 Å². The van der Waals surface area contributed by atoms with Crippen molar-refractivity contribution in [1.29, 1.82) is 0 Å². The van der Waals surface area contributed by atoms with E-state index in [9.17, 15) is 4.79 Å². The second-order valence-electron chi connectivity index (χ2n) is 4.11. The van der Waals surface area contributed by atoms with Crippen LogP contribution in [0.2, 0.25) is 5.02 Å². The molecular formula is C15H13BrClNO. The summed E-state index contributed by atoms with van der Waals surface area (Å²) in [5.41, 5.74) is 2.45. The number of nitrogens with one attached hydrogen (secondary N) is 1. The first-order chi connectivity index (χ1) is 9.11. The van der Waals surface area contributed by atoms with E-state index in [1.54, 1.807) is 18.2 Å². The zero-order valence-corrected chi connectivity index (χ0v) is 12.8. The van der Waals surface area contributed by atoms with Crippen LogP contribution in [0.1, 0.15) is 22.8 Å². The van der Waals surface area contributed by atoms with Gasteiger partial charge in [0.2, 0.25) is 0 Å². The van der Waals surface area contributed by atoms with Crippen LogP contribution in [-0.4, -0.2) is 5.91 Å². The monoisotopic (exact) mass is 337 g/mol. The Hall–Kier alpha value is -1.32. The highest BCUT2D eigenvalue weighted by molar-refractivity contribution is 9.10. The topological polar surface area (TPSA) is 29.1 Å². The maximum Gasteiger partial charge on any atom is 0.257 e. The van der Waals surface area contributed by atoms with Crippen molar-refractivity contribution in [3.8, 4) is 0 Å². The Morgan fingerprint density at radius 2 is 1.89 bits per heavy atom. The van der Waals surface area contributed by atoms with Crippen LogP contribution in [0.15, 0.2) is 46.9 Å². The minimum Gasteiger partial charge on any atom is -0.322 e. The number of anilines is 1. The van der Waals surface area contributed by atoms with Gasteiger partial charge in [-0.15, -0.1) is 0 Å². The van der Waals surface area contributed by atoms with Crippen molar-refractivity contribution in [3.05, 3.63) is 63.1 Å². The van der Waals surface area contributed by atoms with E-state index in [2.05, 4.69) is 28.2 Å². The number of rotatable bonds is 3. The molecule has 0 aliphatic heterocycles. The largest absolute Gasteiger partial charge is 0.322 e. The molecule has 0 saturated heterocycles. The van der Waals surface area contributed by atoms with E-state index >= 15 is 0 Å². The van der Waals surface area contributed by atoms with E-state index in [1.807, 2.05) is 24.3 Å². The average Bonchev–Trinajstić information content (AvgIpc) is 2.42. The first-order valence-electron chi connectivity index (χ1n) is 5.96. The maximum atomic E-state index is 12.1. The number of amides is 1. The highest BCUT2D eigenvalue weighted by Crippen LogP contribution is 2.26. The lowest BCUT2D eigenvalue weighted by atomic mass is 10.1. The lowest BCUT2D eigenvalue weighted by Crippen LogP contribution is -2.12. The van der Waals surface area contributed by atoms with Crippen molar-refractivity contribution in [2.75, 3.05) is 5.32 Å². The second-order valence-corrected chi connectivity index (χ2v) is 5.34. The summed E-state index contributed by atoms with van der Waals surface area (Å²) in [6, 6.07) is 13.1. The van der Waals surface area contributed by atoms with Gasteiger partial charge in [0, 0.05) is 10.2 Å². The quantitative estimate of drug-likeness (QED) is 0.846. The van der Waals surface area contributed by atoms with Crippen LogP contribution in [0.5, 0.6) is 0 Å². The molecule has 2 nitrogen and oxygen atoms in total. The molecular weight excluding hydrogens is 326 g/mol. The molecule has 2 rings (SSSR count). The Morgan fingerprint density at radius 1 is 1.21 bits per heavy atom. The smallest absolute Gasteiger partial charge is 0.257 e. The minimum atomic E-state index is -0.212. The highest BCUT2D eigenvalue weighted by Gasteiger charge is 2.12. The third-order valence-corrected chi connectivity index (χ3v) is 4.11. The standard InChI is InChI=1S/C15H13BrClNO/c1-2-10-6-8-11(9-7-10)18-15(19)12-4-3-5-13(16)14(12)17/h3-9H,2H2,1H3,(H,18,19). The third-order valence-electron chi connectivity index (χ3n) is 2.82. The molecule has 1 amide bonds. The molecule has 0 unspecified atom stereocenters. The highest BCUT2D eigenvalue weighted by atomic mass is 79.9. The summed E-state index contributed by atoms with van der Waals surface area (Å²) in [5.74, 6) is -0.212. The van der Waals surface area contributed by atoms with E-state index in [4.69, 9.17) is 11.6 Å². The molecule has 0 aliphatic rings. The van der Waals surface area contributed by atoms with Crippen LogP contribution in [0.3, 0.4) is 0 Å². The molecule has 0 aromatic heterocycles. The predicted octanol–water partition coefficient (Wildman–Crippen LogP) is 4.92. The summed E-state index contributed by atoms with van der Waals surface area (Å²) in [5, 5.41) is 3.25. The first-order valence-corrected chi connectivity index (χ1v) is 7.13. The zero-order chi connectivity index (χ0) is 13.8. The molecule has 0 heterocycles. The maximum absolute atomic E-state index is 12.1. The van der Waals surface area contributed by atoms with Crippen molar-refractivity contribution >= 4 is 39.1 Å². The fraction of sp³-hybridized carbons (Fsp3) is 0.133. The SMILES string of the molecule is CCc1ccc(NC(=O)c2cccc(Br)c2Cl)cc1. The van der Waals surface area contributed by atoms with Gasteiger partial charge in [0.25, 0.3) is 5.91 Å². The molecule has 0 radical (unpaired) electrons. The van der Waals surface area contributed by atoms with E-state index < -0.39 is 0 Å². The van der Waals surface area contributed by atoms with Crippen LogP contribution in [0.25, 0.3) is 0 Å². The Kier molecular flexibility index (Phi) is 4.61. The molecule has 98 valence electrons. The molecule has 2 aromatic carbocycles. The molecule has 4 heteroatoms. The van der Waals surface area contributed by atoms with Gasteiger partial charge < -0.3 is 5.32 Å². The number of carbonyl (C=O) groups excluding carboxylic acids is 1. The first kappa shape index (κ1) is 14.1. The van der Waals surface area contributed by atoms with Crippen LogP contribution in [0, 0.1) is 0 Å². The van der Waals surface area contributed by atoms with Crippen LogP contribution in [0.4, 0.5) is 5.69 Å². The second kappa shape index (κ2) is 6.22. The fourth-order valence-corrected chi connectivity index (χ4v) is 2.28. The fourth-order valence-electron chi connectivity index (χ4n) is 1.70. The van der Waals surface area contributed by atoms with Crippen molar-refractivity contribution in [3.63, 3.8) is 0 Å². The zero-order valence-electron chi connectivity index (χ0n) is 10.4. The lowest BCUT2D eigenvalue weighted by molar-refractivity contribution is 0.102. The van der Waals surface area contributed by atoms with Gasteiger partial charge in [-0.05, 0) is 52.2 Å². The number of hydrogen-bond acceptors (Lipinski definition) is 1. The number of halogens is 2. The number of hydrogen-bond donors (Lipinski definition) is 1. The van der Waals surface area contributed by atoms with E-state index in [-0.39, 0.29) is 5.91 Å². The molecule has 0 bridgehead atoms. The molecule has 2 aromatic rings. The van der Waals surface area contributed by atoms with Crippen molar-refractivity contribution in [2.24, 2.45) is 0 Å². The summed E-state index contributed by atoms with van der Waals surface area (Å²) in [4.78, 5) is 12.1. The molecule has 0 atom stereocenters. The molecule has 0 spiro atoms. The molecule has 19 heavy (non-hydrogen) atoms. The molecule has 1 N–H and O–H groups in total. The minimum absolute atomic E-state index is 0.212. The summed E-state index contributed by atoms with van der Waals surface area (Å²) in [7, 11) is 0. The van der Waals surface area contributed by atoms with Crippen molar-refractivity contribution < 1.29 is 4.79 Å². The van der Waals surface area contributed by atoms with E-state index in [0.717, 1.165) is 12.1 Å². The van der Waals surface area contributed by atoms with Crippen LogP contribution in [-0.2, 0) is 6.42 Å². The number of benzene rings is 2. The van der Waals surface area contributed by atoms with Gasteiger partial charge in [-0.25, -0.2) is 0 Å². The predicted molar refractivity (Wildman–Crippen MR) is 82.9 cm³/mol. The molecule has 0 fully saturated rings. The van der Waals surface area contributed by atoms with E-state index in [1.165, 1.54) is 5.56 Å². The Labute approximate surface area is 125 Å². The number of carbonyl (C=O) groups is 1. The van der Waals surface area contributed by atoms with Crippen molar-refractivity contribution in [1.82, 2.24) is 0 Å².